The van der Waals surface area contributed by atoms with Crippen LogP contribution in [0.5, 0.6) is 0 Å². The van der Waals surface area contributed by atoms with Crippen LogP contribution in [0, 0.1) is 6.92 Å². The molecule has 0 aliphatic carbocycles. The zero-order valence-electron chi connectivity index (χ0n) is 15.1. The van der Waals surface area contributed by atoms with E-state index >= 15 is 0 Å². The molecule has 2 N–H and O–H groups in total. The molecule has 2 aromatic rings. The Morgan fingerprint density at radius 2 is 2.04 bits per heavy atom. The van der Waals surface area contributed by atoms with Crippen molar-refractivity contribution in [3.05, 3.63) is 34.0 Å². The topological polar surface area (TPSA) is 128 Å². The van der Waals surface area contributed by atoms with Gasteiger partial charge in [-0.3, -0.25) is 19.1 Å². The number of aromatic nitrogens is 2. The van der Waals surface area contributed by atoms with Gasteiger partial charge >= 0.3 is 11.9 Å². The Morgan fingerprint density at radius 1 is 1.33 bits per heavy atom. The minimum Gasteiger partial charge on any atom is -0.481 e. The Labute approximate surface area is 158 Å². The quantitative estimate of drug-likeness (QED) is 0.520. The third-order valence-corrected chi connectivity index (χ3v) is 4.93. The van der Waals surface area contributed by atoms with Crippen molar-refractivity contribution >= 4 is 40.0 Å². The summed E-state index contributed by atoms with van der Waals surface area (Å²) >= 11 is 1.01. The number of nitrogens with zero attached hydrogens (tertiary/aromatic N) is 2. The van der Waals surface area contributed by atoms with Crippen molar-refractivity contribution in [1.82, 2.24) is 9.78 Å². The van der Waals surface area contributed by atoms with Gasteiger partial charge in [-0.15, -0.1) is 11.3 Å². The number of Topliss-reactive ketones (excluding diaryl/α,β-unsaturated/α-hetero) is 1. The summed E-state index contributed by atoms with van der Waals surface area (Å²) in [4.78, 5) is 47.5. The molecule has 0 bridgehead atoms. The first-order chi connectivity index (χ1) is 12.7. The number of esters is 1. The number of aliphatic carboxylic acids is 1. The van der Waals surface area contributed by atoms with Crippen molar-refractivity contribution in [1.29, 1.82) is 0 Å². The van der Waals surface area contributed by atoms with Crippen LogP contribution in [0.15, 0.2) is 12.4 Å². The number of ether oxygens (including phenoxy) is 1. The molecule has 2 heterocycles. The average molecular weight is 393 g/mol. The van der Waals surface area contributed by atoms with Crippen molar-refractivity contribution in [3.63, 3.8) is 0 Å². The van der Waals surface area contributed by atoms with E-state index in [0.717, 1.165) is 11.3 Å². The number of carbonyl (C=O) groups excluding carboxylic acids is 3. The summed E-state index contributed by atoms with van der Waals surface area (Å²) in [6.45, 7) is 4.96. The molecular weight excluding hydrogens is 374 g/mol. The molecule has 0 spiro atoms. The van der Waals surface area contributed by atoms with Gasteiger partial charge in [0.15, 0.2) is 5.78 Å². The molecule has 27 heavy (non-hydrogen) atoms. The smallest absolute Gasteiger partial charge is 0.341 e. The van der Waals surface area contributed by atoms with E-state index in [1.165, 1.54) is 24.0 Å². The number of carbonyl (C=O) groups is 4. The van der Waals surface area contributed by atoms with Crippen molar-refractivity contribution < 1.29 is 29.0 Å². The van der Waals surface area contributed by atoms with Crippen LogP contribution in [0.1, 0.15) is 56.2 Å². The number of rotatable bonds is 8. The fourth-order valence-electron chi connectivity index (χ4n) is 2.38. The Bertz CT molecular complexity index is 899. The molecule has 0 saturated heterocycles. The third kappa shape index (κ3) is 4.79. The van der Waals surface area contributed by atoms with Crippen LogP contribution in [-0.2, 0) is 16.1 Å². The van der Waals surface area contributed by atoms with Crippen LogP contribution in [0.25, 0.3) is 0 Å². The summed E-state index contributed by atoms with van der Waals surface area (Å²) in [7, 11) is 0. The van der Waals surface area contributed by atoms with Crippen LogP contribution in [-0.4, -0.2) is 45.1 Å². The van der Waals surface area contributed by atoms with Gasteiger partial charge in [0.1, 0.15) is 5.00 Å². The standard InChI is InChI=1S/C17H19N3O6S/c1-4-26-17(25)13-9(2)14(10(3)21)27-16(13)19-15(24)11-7-18-20(8-11)6-5-12(22)23/h7-8H,4-6H2,1-3H3,(H,19,24)(H,22,23). The molecule has 1 amide bonds. The minimum absolute atomic E-state index is 0.123. The zero-order valence-corrected chi connectivity index (χ0v) is 15.9. The van der Waals surface area contributed by atoms with Gasteiger partial charge in [-0.1, -0.05) is 0 Å². The normalized spacial score (nSPS) is 10.5. The first kappa shape index (κ1) is 20.3. The number of carboxylic acids is 1. The molecular formula is C17H19N3O6S. The highest BCUT2D eigenvalue weighted by Crippen LogP contribution is 2.34. The van der Waals surface area contributed by atoms with Crippen molar-refractivity contribution in [2.75, 3.05) is 11.9 Å². The zero-order chi connectivity index (χ0) is 20.1. The van der Waals surface area contributed by atoms with Gasteiger partial charge in [0, 0.05) is 6.20 Å². The van der Waals surface area contributed by atoms with E-state index in [1.807, 2.05) is 0 Å². The lowest BCUT2D eigenvalue weighted by molar-refractivity contribution is -0.137. The summed E-state index contributed by atoms with van der Waals surface area (Å²) in [6.07, 6.45) is 2.59. The predicted octanol–water partition coefficient (Wildman–Crippen LogP) is 2.36. The number of nitrogens with one attached hydrogen (secondary N) is 1. The molecule has 0 saturated carbocycles. The largest absolute Gasteiger partial charge is 0.481 e. The van der Waals surface area contributed by atoms with Crippen molar-refractivity contribution in [2.45, 2.75) is 33.7 Å². The summed E-state index contributed by atoms with van der Waals surface area (Å²) in [5.74, 6) is -2.34. The van der Waals surface area contributed by atoms with Gasteiger partial charge < -0.3 is 15.2 Å². The fraction of sp³-hybridized carbons (Fsp3) is 0.353. The van der Waals surface area contributed by atoms with Crippen LogP contribution >= 0.6 is 11.3 Å². The summed E-state index contributed by atoms with van der Waals surface area (Å²) in [6, 6.07) is 0. The molecule has 0 aliphatic heterocycles. The molecule has 0 atom stereocenters. The van der Waals surface area contributed by atoms with Crippen molar-refractivity contribution in [2.24, 2.45) is 0 Å². The maximum absolute atomic E-state index is 12.5. The van der Waals surface area contributed by atoms with Gasteiger partial charge in [-0.05, 0) is 26.3 Å². The van der Waals surface area contributed by atoms with E-state index in [4.69, 9.17) is 9.84 Å². The molecule has 9 nitrogen and oxygen atoms in total. The number of anilines is 1. The van der Waals surface area contributed by atoms with E-state index in [0.29, 0.717) is 10.4 Å². The maximum atomic E-state index is 12.5. The first-order valence-corrected chi connectivity index (χ1v) is 8.93. The number of thiophene rings is 1. The first-order valence-electron chi connectivity index (χ1n) is 8.11. The Balaban J connectivity index is 2.26. The minimum atomic E-state index is -0.971. The number of carboxylic acid groups (broad SMARTS) is 1. The predicted molar refractivity (Wildman–Crippen MR) is 97.5 cm³/mol. The molecule has 0 fully saturated rings. The lowest BCUT2D eigenvalue weighted by atomic mass is 10.1. The lowest BCUT2D eigenvalue weighted by Gasteiger charge is -2.06. The summed E-state index contributed by atoms with van der Waals surface area (Å²) in [5.41, 5.74) is 0.808. The highest BCUT2D eigenvalue weighted by molar-refractivity contribution is 7.18. The van der Waals surface area contributed by atoms with E-state index < -0.39 is 17.8 Å². The average Bonchev–Trinajstić information content (AvgIpc) is 3.18. The lowest BCUT2D eigenvalue weighted by Crippen LogP contribution is -2.14. The molecule has 0 aromatic carbocycles. The number of aryl methyl sites for hydroxylation is 1. The van der Waals surface area contributed by atoms with E-state index in [2.05, 4.69) is 10.4 Å². The molecule has 10 heteroatoms. The van der Waals surface area contributed by atoms with E-state index in [1.54, 1.807) is 13.8 Å². The van der Waals surface area contributed by atoms with Gasteiger partial charge in [0.05, 0.1) is 41.8 Å². The van der Waals surface area contributed by atoms with Gasteiger partial charge in [-0.25, -0.2) is 4.79 Å². The second-order valence-electron chi connectivity index (χ2n) is 5.63. The highest BCUT2D eigenvalue weighted by Gasteiger charge is 2.25. The third-order valence-electron chi connectivity index (χ3n) is 3.62. The summed E-state index contributed by atoms with van der Waals surface area (Å²) < 4.78 is 6.36. The van der Waals surface area contributed by atoms with Gasteiger partial charge in [-0.2, -0.15) is 5.10 Å². The Morgan fingerprint density at radius 3 is 2.63 bits per heavy atom. The van der Waals surface area contributed by atoms with Gasteiger partial charge in [0.2, 0.25) is 0 Å². The fourth-order valence-corrected chi connectivity index (χ4v) is 3.46. The van der Waals surface area contributed by atoms with E-state index in [9.17, 15) is 19.2 Å². The van der Waals surface area contributed by atoms with Crippen LogP contribution < -0.4 is 5.32 Å². The van der Waals surface area contributed by atoms with Crippen LogP contribution in [0.3, 0.4) is 0 Å². The Hall–Kier alpha value is -3.01. The molecule has 2 rings (SSSR count). The summed E-state index contributed by atoms with van der Waals surface area (Å²) in [5, 5.41) is 15.5. The second-order valence-corrected chi connectivity index (χ2v) is 6.65. The molecule has 2 aromatic heterocycles. The van der Waals surface area contributed by atoms with Crippen molar-refractivity contribution in [3.8, 4) is 0 Å². The van der Waals surface area contributed by atoms with Crippen LogP contribution in [0.2, 0.25) is 0 Å². The van der Waals surface area contributed by atoms with E-state index in [-0.39, 0.29) is 41.5 Å². The molecule has 0 radical (unpaired) electrons. The highest BCUT2D eigenvalue weighted by atomic mass is 32.1. The Kier molecular flexibility index (Phi) is 6.45. The van der Waals surface area contributed by atoms with Crippen LogP contribution in [0.4, 0.5) is 5.00 Å². The molecule has 0 aliphatic rings. The maximum Gasteiger partial charge on any atom is 0.341 e. The number of amides is 1. The molecule has 0 unspecified atom stereocenters. The number of ketones is 1. The molecule has 144 valence electrons. The number of hydrogen-bond donors (Lipinski definition) is 2. The van der Waals surface area contributed by atoms with Gasteiger partial charge in [0.25, 0.3) is 5.91 Å². The number of hydrogen-bond acceptors (Lipinski definition) is 7. The second kappa shape index (κ2) is 8.58. The SMILES string of the molecule is CCOC(=O)c1c(NC(=O)c2cnn(CCC(=O)O)c2)sc(C(C)=O)c1C. The monoisotopic (exact) mass is 393 g/mol.